The monoisotopic (exact) mass is 466 g/mol. The van der Waals surface area contributed by atoms with Crippen LogP contribution in [0.1, 0.15) is 20.8 Å². The van der Waals surface area contributed by atoms with Crippen molar-refractivity contribution in [1.29, 1.82) is 0 Å². The van der Waals surface area contributed by atoms with Crippen molar-refractivity contribution in [2.45, 2.75) is 20.8 Å². The van der Waals surface area contributed by atoms with Crippen LogP contribution >= 0.6 is 0 Å². The Bertz CT molecular complexity index is 1260. The van der Waals surface area contributed by atoms with Crippen molar-refractivity contribution in [3.05, 3.63) is 54.3 Å². The molecule has 0 aliphatic carbocycles. The van der Waals surface area contributed by atoms with Gasteiger partial charge >= 0.3 is 12.1 Å². The van der Waals surface area contributed by atoms with E-state index < -0.39 is 17.5 Å². The average Bonchev–Trinajstić information content (AvgIpc) is 3.15. The second-order valence-electron chi connectivity index (χ2n) is 8.25. The number of H-pyrrole nitrogens is 1. The Morgan fingerprint density at radius 2 is 1.79 bits per heavy atom. The number of allylic oxidation sites excluding steroid dienone is 1. The number of amides is 3. The van der Waals surface area contributed by atoms with Crippen molar-refractivity contribution in [2.24, 2.45) is 16.1 Å². The molecule has 0 aliphatic heterocycles. The lowest BCUT2D eigenvalue weighted by Gasteiger charge is -2.16. The first-order valence-electron chi connectivity index (χ1n) is 10.2. The average molecular weight is 466 g/mol. The highest BCUT2D eigenvalue weighted by atomic mass is 16.5. The van der Waals surface area contributed by atoms with E-state index >= 15 is 0 Å². The van der Waals surface area contributed by atoms with Gasteiger partial charge in [0.25, 0.3) is 0 Å². The number of anilines is 2. The molecule has 0 aliphatic rings. The van der Waals surface area contributed by atoms with Gasteiger partial charge in [0.1, 0.15) is 23.1 Å². The lowest BCUT2D eigenvalue weighted by atomic mass is 9.93. The number of ether oxygens (including phenoxy) is 2. The first-order valence-corrected chi connectivity index (χ1v) is 10.2. The van der Waals surface area contributed by atoms with Gasteiger partial charge in [-0.2, -0.15) is 4.99 Å². The fraction of sp³-hybridized carbons (Fsp3) is 0.217. The molecule has 0 saturated carbocycles. The van der Waals surface area contributed by atoms with Gasteiger partial charge in [0.05, 0.1) is 18.1 Å². The molecule has 0 unspecified atom stereocenters. The summed E-state index contributed by atoms with van der Waals surface area (Å²) in [7, 11) is 1.26. The van der Waals surface area contributed by atoms with Crippen LogP contribution in [0.4, 0.5) is 21.2 Å². The molecule has 0 bridgehead atoms. The van der Waals surface area contributed by atoms with Gasteiger partial charge in [-0.25, -0.2) is 14.6 Å². The summed E-state index contributed by atoms with van der Waals surface area (Å²) in [5.41, 5.74) is 6.99. The summed E-state index contributed by atoms with van der Waals surface area (Å²) in [5.74, 6) is 1.24. The summed E-state index contributed by atoms with van der Waals surface area (Å²) in [4.78, 5) is 34.3. The van der Waals surface area contributed by atoms with E-state index in [-0.39, 0.29) is 17.5 Å². The predicted octanol–water partition coefficient (Wildman–Crippen LogP) is 4.91. The van der Waals surface area contributed by atoms with Gasteiger partial charge in [-0.15, -0.1) is 0 Å². The molecule has 11 heteroatoms. The maximum absolute atomic E-state index is 12.1. The SMILES string of the molecule is COC(=O)Nc1nc2ccc(Oc3ccc(NC(=O)/N=C(N)\C=C(/O)C(C)(C)C)cc3)cc2[nH]1. The Morgan fingerprint density at radius 3 is 2.44 bits per heavy atom. The number of aliphatic hydroxyl groups excluding tert-OH is 1. The van der Waals surface area contributed by atoms with E-state index in [0.29, 0.717) is 28.2 Å². The largest absolute Gasteiger partial charge is 0.512 e. The molecule has 2 aromatic carbocycles. The molecule has 1 aromatic heterocycles. The third-order valence-corrected chi connectivity index (χ3v) is 4.48. The van der Waals surface area contributed by atoms with Crippen LogP contribution in [0.25, 0.3) is 11.0 Å². The van der Waals surface area contributed by atoms with Gasteiger partial charge in [0.2, 0.25) is 5.95 Å². The maximum atomic E-state index is 12.1. The number of aromatic amines is 1. The Kier molecular flexibility index (Phi) is 7.05. The van der Waals surface area contributed by atoms with E-state index in [1.54, 1.807) is 42.5 Å². The van der Waals surface area contributed by atoms with Crippen molar-refractivity contribution in [1.82, 2.24) is 9.97 Å². The zero-order valence-electron chi connectivity index (χ0n) is 19.2. The molecule has 3 amide bonds. The topological polar surface area (TPSA) is 164 Å². The summed E-state index contributed by atoms with van der Waals surface area (Å²) < 4.78 is 10.4. The molecule has 3 aromatic rings. The third kappa shape index (κ3) is 6.48. The fourth-order valence-electron chi connectivity index (χ4n) is 2.66. The number of rotatable bonds is 5. The minimum absolute atomic E-state index is 0.0207. The number of nitrogens with zero attached hydrogens (tertiary/aromatic N) is 2. The molecule has 0 atom stereocenters. The number of carbonyl (C=O) groups is 2. The van der Waals surface area contributed by atoms with Crippen molar-refractivity contribution in [3.63, 3.8) is 0 Å². The van der Waals surface area contributed by atoms with E-state index in [1.165, 1.54) is 13.2 Å². The molecule has 3 rings (SSSR count). The molecule has 0 fully saturated rings. The number of hydrogen-bond donors (Lipinski definition) is 5. The van der Waals surface area contributed by atoms with Crippen LogP contribution in [0, 0.1) is 5.41 Å². The molecule has 34 heavy (non-hydrogen) atoms. The van der Waals surface area contributed by atoms with Crippen LogP contribution in [0.15, 0.2) is 59.3 Å². The number of aliphatic imine (C=N–C) groups is 1. The van der Waals surface area contributed by atoms with Crippen LogP contribution in [0.3, 0.4) is 0 Å². The lowest BCUT2D eigenvalue weighted by Crippen LogP contribution is -2.18. The van der Waals surface area contributed by atoms with Gasteiger partial charge in [-0.1, -0.05) is 20.8 Å². The number of hydrogen-bond acceptors (Lipinski definition) is 6. The van der Waals surface area contributed by atoms with E-state index in [4.69, 9.17) is 10.5 Å². The van der Waals surface area contributed by atoms with Gasteiger partial charge in [-0.3, -0.25) is 5.32 Å². The number of imidazole rings is 1. The number of benzene rings is 2. The zero-order chi connectivity index (χ0) is 24.9. The maximum Gasteiger partial charge on any atom is 0.413 e. The van der Waals surface area contributed by atoms with E-state index in [0.717, 1.165) is 0 Å². The van der Waals surface area contributed by atoms with Crippen LogP contribution in [0.2, 0.25) is 0 Å². The number of urea groups is 1. The van der Waals surface area contributed by atoms with E-state index in [1.807, 2.05) is 20.8 Å². The molecule has 0 saturated heterocycles. The quantitative estimate of drug-likeness (QED) is 0.202. The fourth-order valence-corrected chi connectivity index (χ4v) is 2.66. The molecule has 178 valence electrons. The van der Waals surface area contributed by atoms with Crippen molar-refractivity contribution in [3.8, 4) is 11.5 Å². The van der Waals surface area contributed by atoms with Crippen LogP contribution in [0.5, 0.6) is 11.5 Å². The van der Waals surface area contributed by atoms with Gasteiger partial charge < -0.3 is 30.6 Å². The number of amidine groups is 1. The molecule has 6 N–H and O–H groups in total. The molecule has 0 radical (unpaired) electrons. The van der Waals surface area contributed by atoms with E-state index in [2.05, 4.69) is 30.3 Å². The molecule has 1 heterocycles. The second kappa shape index (κ2) is 9.94. The van der Waals surface area contributed by atoms with Crippen molar-refractivity contribution in [2.75, 3.05) is 17.7 Å². The Hall–Kier alpha value is -4.54. The standard InChI is InChI=1S/C23H26N6O5/c1-23(2,3)18(30)12-19(24)28-21(31)25-13-5-7-14(8-6-13)34-15-9-10-16-17(11-15)27-20(26-16)29-22(32)33-4/h5-12,30H,1-4H3,(H3,24,25,28,31)(H2,26,27,29,32)/b18-12-. The number of nitrogens with two attached hydrogens (primary N) is 1. The number of methoxy groups -OCH3 is 1. The highest BCUT2D eigenvalue weighted by Crippen LogP contribution is 2.27. The second-order valence-corrected chi connectivity index (χ2v) is 8.25. The summed E-state index contributed by atoms with van der Waals surface area (Å²) in [6.45, 7) is 5.42. The number of aromatic nitrogens is 2. The van der Waals surface area contributed by atoms with E-state index in [9.17, 15) is 14.7 Å². The number of nitrogens with one attached hydrogen (secondary N) is 3. The number of carbonyl (C=O) groups excluding carboxylic acids is 2. The van der Waals surface area contributed by atoms with Crippen molar-refractivity contribution >= 4 is 40.6 Å². The van der Waals surface area contributed by atoms with Crippen LogP contribution < -0.4 is 21.1 Å². The van der Waals surface area contributed by atoms with Gasteiger partial charge in [-0.05, 0) is 36.4 Å². The van der Waals surface area contributed by atoms with Crippen LogP contribution in [-0.4, -0.2) is 40.1 Å². The summed E-state index contributed by atoms with van der Waals surface area (Å²) in [6.07, 6.45) is 0.622. The molecular weight excluding hydrogens is 440 g/mol. The molecule has 11 nitrogen and oxygen atoms in total. The third-order valence-electron chi connectivity index (χ3n) is 4.48. The normalized spacial score (nSPS) is 12.4. The van der Waals surface area contributed by atoms with Crippen molar-refractivity contribution < 1.29 is 24.2 Å². The Balaban J connectivity index is 1.63. The number of fused-ring (bicyclic) bond motifs is 1. The van der Waals surface area contributed by atoms with Crippen LogP contribution in [-0.2, 0) is 4.74 Å². The lowest BCUT2D eigenvalue weighted by molar-refractivity contribution is 0.186. The minimum Gasteiger partial charge on any atom is -0.512 e. The summed E-state index contributed by atoms with van der Waals surface area (Å²) in [5, 5.41) is 15.0. The first-order chi connectivity index (χ1) is 16.0. The number of aliphatic hydroxyl groups is 1. The summed E-state index contributed by atoms with van der Waals surface area (Å²) in [6, 6.07) is 11.2. The highest BCUT2D eigenvalue weighted by molar-refractivity contribution is 6.03. The Labute approximate surface area is 195 Å². The smallest absolute Gasteiger partial charge is 0.413 e. The van der Waals surface area contributed by atoms with Gasteiger partial charge in [0, 0.05) is 23.2 Å². The highest BCUT2D eigenvalue weighted by Gasteiger charge is 2.16. The molecular formula is C23H26N6O5. The predicted molar refractivity (Wildman–Crippen MR) is 129 cm³/mol. The first kappa shape index (κ1) is 24.1. The van der Waals surface area contributed by atoms with Gasteiger partial charge in [0.15, 0.2) is 0 Å². The Morgan fingerprint density at radius 1 is 1.12 bits per heavy atom. The minimum atomic E-state index is -0.676. The zero-order valence-corrected chi connectivity index (χ0v) is 19.2. The molecule has 0 spiro atoms. The summed E-state index contributed by atoms with van der Waals surface area (Å²) >= 11 is 0.